The van der Waals surface area contributed by atoms with Gasteiger partial charge in [0.2, 0.25) is 0 Å². The third kappa shape index (κ3) is 1.58. The summed E-state index contributed by atoms with van der Waals surface area (Å²) in [5, 5.41) is 0. The van der Waals surface area contributed by atoms with Crippen LogP contribution in [0.4, 0.5) is 0 Å². The summed E-state index contributed by atoms with van der Waals surface area (Å²) in [5.41, 5.74) is 8.80. The minimum absolute atomic E-state index is 1.20. The van der Waals surface area contributed by atoms with Crippen LogP contribution in [-0.2, 0) is 0 Å². The Hall–Kier alpha value is -1.78. The van der Waals surface area contributed by atoms with Crippen LogP contribution >= 0.6 is 0 Å². The first-order valence-electron chi connectivity index (χ1n) is 5.69. The van der Waals surface area contributed by atoms with E-state index in [-0.39, 0.29) is 0 Å². The molecule has 0 spiro atoms. The van der Waals surface area contributed by atoms with Crippen molar-refractivity contribution < 1.29 is 0 Å². The first kappa shape index (κ1) is 9.45. The Morgan fingerprint density at radius 3 is 2.31 bits per heavy atom. The van der Waals surface area contributed by atoms with E-state index in [1.54, 1.807) is 0 Å². The summed E-state index contributed by atoms with van der Waals surface area (Å²) in [6.07, 6.45) is 10.7. The van der Waals surface area contributed by atoms with Crippen LogP contribution < -0.4 is 0 Å². The number of rotatable bonds is 2. The van der Waals surface area contributed by atoms with Crippen molar-refractivity contribution in [2.75, 3.05) is 0 Å². The van der Waals surface area contributed by atoms with Crippen molar-refractivity contribution in [1.82, 2.24) is 0 Å². The van der Waals surface area contributed by atoms with E-state index in [1.165, 1.54) is 35.1 Å². The fourth-order valence-corrected chi connectivity index (χ4v) is 2.24. The molecule has 0 N–H and O–H groups in total. The standard InChI is InChI=1S/C16H13/c1-3-7-13(8-4-1)15-11-12-16(15)14-9-5-2-6-10-14/h1,3-10H,11-12H2. The lowest BCUT2D eigenvalue weighted by molar-refractivity contribution is 0.915. The zero-order valence-corrected chi connectivity index (χ0v) is 9.11. The summed E-state index contributed by atoms with van der Waals surface area (Å²) in [6, 6.07) is 10.7. The molecule has 77 valence electrons. The molecular formula is C16H13. The van der Waals surface area contributed by atoms with Crippen LogP contribution in [0.5, 0.6) is 0 Å². The third-order valence-electron chi connectivity index (χ3n) is 3.18. The van der Waals surface area contributed by atoms with Crippen LogP contribution in [0.1, 0.15) is 18.4 Å². The molecule has 0 aliphatic heterocycles. The van der Waals surface area contributed by atoms with Crippen LogP contribution in [0.2, 0.25) is 0 Å². The summed E-state index contributed by atoms with van der Waals surface area (Å²) in [7, 11) is 0. The molecule has 1 aromatic rings. The van der Waals surface area contributed by atoms with Crippen molar-refractivity contribution in [1.29, 1.82) is 0 Å². The van der Waals surface area contributed by atoms with Gasteiger partial charge >= 0.3 is 0 Å². The molecule has 0 aromatic heterocycles. The highest BCUT2D eigenvalue weighted by Crippen LogP contribution is 2.41. The molecule has 3 rings (SSSR count). The zero-order chi connectivity index (χ0) is 10.8. The smallest absolute Gasteiger partial charge is 0.0207 e. The van der Waals surface area contributed by atoms with Crippen LogP contribution in [0.25, 0.3) is 5.57 Å². The van der Waals surface area contributed by atoms with Crippen LogP contribution in [0, 0.1) is 6.42 Å². The maximum Gasteiger partial charge on any atom is 0.0207 e. The van der Waals surface area contributed by atoms with Crippen LogP contribution in [0.15, 0.2) is 65.4 Å². The second-order valence-electron chi connectivity index (χ2n) is 4.11. The van der Waals surface area contributed by atoms with E-state index in [4.69, 9.17) is 0 Å². The zero-order valence-electron chi connectivity index (χ0n) is 9.11. The Balaban J connectivity index is 1.98. The molecule has 0 bridgehead atoms. The molecule has 0 saturated carbocycles. The van der Waals surface area contributed by atoms with Gasteiger partial charge in [0.15, 0.2) is 0 Å². The molecule has 2 aliphatic rings. The van der Waals surface area contributed by atoms with E-state index >= 15 is 0 Å². The molecule has 16 heavy (non-hydrogen) atoms. The van der Waals surface area contributed by atoms with Gasteiger partial charge in [-0.15, -0.1) is 5.73 Å². The van der Waals surface area contributed by atoms with E-state index < -0.39 is 0 Å². The predicted molar refractivity (Wildman–Crippen MR) is 67.6 cm³/mol. The number of hydrogen-bond acceptors (Lipinski definition) is 0. The average molecular weight is 205 g/mol. The van der Waals surface area contributed by atoms with E-state index in [9.17, 15) is 0 Å². The molecule has 0 unspecified atom stereocenters. The van der Waals surface area contributed by atoms with Crippen molar-refractivity contribution in [3.63, 3.8) is 0 Å². The second-order valence-corrected chi connectivity index (χ2v) is 4.11. The quantitative estimate of drug-likeness (QED) is 0.638. The fraction of sp³-hybridized carbons (Fsp3) is 0.125. The molecule has 0 atom stereocenters. The fourth-order valence-electron chi connectivity index (χ4n) is 2.24. The molecule has 0 saturated heterocycles. The largest absolute Gasteiger partial charge is 0.125 e. The highest BCUT2D eigenvalue weighted by Gasteiger charge is 2.21. The summed E-state index contributed by atoms with van der Waals surface area (Å²) in [6.45, 7) is 0. The molecule has 1 radical (unpaired) electrons. The van der Waals surface area contributed by atoms with Gasteiger partial charge in [0.1, 0.15) is 0 Å². The summed E-state index contributed by atoms with van der Waals surface area (Å²) >= 11 is 0. The SMILES string of the molecule is C1=C[CH]C(C2=C(c3ccccc3)CC2)=CC=1. The average Bonchev–Trinajstić information content (AvgIpc) is 2.30. The van der Waals surface area contributed by atoms with Crippen molar-refractivity contribution >= 4 is 5.57 Å². The van der Waals surface area contributed by atoms with Crippen molar-refractivity contribution in [3.8, 4) is 0 Å². The normalized spacial score (nSPS) is 18.4. The Morgan fingerprint density at radius 2 is 1.69 bits per heavy atom. The summed E-state index contributed by atoms with van der Waals surface area (Å²) in [4.78, 5) is 0. The number of benzene rings is 1. The maximum atomic E-state index is 3.07. The molecule has 1 aromatic carbocycles. The Kier molecular flexibility index (Phi) is 2.36. The van der Waals surface area contributed by atoms with Gasteiger partial charge in [-0.3, -0.25) is 0 Å². The molecule has 0 heterocycles. The van der Waals surface area contributed by atoms with E-state index in [2.05, 4.69) is 48.6 Å². The highest BCUT2D eigenvalue weighted by atomic mass is 14.2. The van der Waals surface area contributed by atoms with Crippen molar-refractivity contribution in [3.05, 3.63) is 77.4 Å². The molecular weight excluding hydrogens is 192 g/mol. The molecule has 2 aliphatic carbocycles. The Morgan fingerprint density at radius 1 is 0.875 bits per heavy atom. The van der Waals surface area contributed by atoms with Gasteiger partial charge in [0.05, 0.1) is 0 Å². The third-order valence-corrected chi connectivity index (χ3v) is 3.18. The number of allylic oxidation sites excluding steroid dienone is 5. The number of hydrogen-bond donors (Lipinski definition) is 0. The molecule has 0 nitrogen and oxygen atoms in total. The molecule has 0 heteroatoms. The predicted octanol–water partition coefficient (Wildman–Crippen LogP) is 4.09. The first-order valence-corrected chi connectivity index (χ1v) is 5.69. The molecule has 0 fully saturated rings. The van der Waals surface area contributed by atoms with Gasteiger partial charge in [0.25, 0.3) is 0 Å². The van der Waals surface area contributed by atoms with Crippen LogP contribution in [-0.4, -0.2) is 0 Å². The van der Waals surface area contributed by atoms with Gasteiger partial charge in [-0.25, -0.2) is 0 Å². The van der Waals surface area contributed by atoms with Gasteiger partial charge < -0.3 is 0 Å². The molecule has 0 amide bonds. The van der Waals surface area contributed by atoms with E-state index in [0.29, 0.717) is 0 Å². The van der Waals surface area contributed by atoms with Gasteiger partial charge in [0, 0.05) is 6.42 Å². The summed E-state index contributed by atoms with van der Waals surface area (Å²) < 4.78 is 0. The lowest BCUT2D eigenvalue weighted by atomic mass is 9.78. The minimum atomic E-state index is 1.20. The highest BCUT2D eigenvalue weighted by molar-refractivity contribution is 5.79. The van der Waals surface area contributed by atoms with Gasteiger partial charge in [-0.1, -0.05) is 36.4 Å². The monoisotopic (exact) mass is 205 g/mol. The lowest BCUT2D eigenvalue weighted by Crippen LogP contribution is -2.06. The van der Waals surface area contributed by atoms with Crippen molar-refractivity contribution in [2.45, 2.75) is 12.8 Å². The van der Waals surface area contributed by atoms with Crippen LogP contribution in [0.3, 0.4) is 0 Å². The minimum Gasteiger partial charge on any atom is -0.125 e. The van der Waals surface area contributed by atoms with Crippen molar-refractivity contribution in [2.24, 2.45) is 0 Å². The maximum absolute atomic E-state index is 3.07. The Bertz CT molecular complexity index is 520. The van der Waals surface area contributed by atoms with Gasteiger partial charge in [-0.2, -0.15) is 0 Å². The topological polar surface area (TPSA) is 0 Å². The first-order chi connectivity index (χ1) is 7.95. The van der Waals surface area contributed by atoms with Gasteiger partial charge in [-0.05, 0) is 47.3 Å². The van der Waals surface area contributed by atoms with E-state index in [0.717, 1.165) is 0 Å². The second kappa shape index (κ2) is 4.00. The van der Waals surface area contributed by atoms with E-state index in [1.807, 2.05) is 12.2 Å². The summed E-state index contributed by atoms with van der Waals surface area (Å²) in [5.74, 6) is 0. The Labute approximate surface area is 96.3 Å². The lowest BCUT2D eigenvalue weighted by Gasteiger charge is -2.26.